The van der Waals surface area contributed by atoms with E-state index in [1.807, 2.05) is 12.3 Å². The Morgan fingerprint density at radius 3 is 3.18 bits per heavy atom. The maximum absolute atomic E-state index is 6.23. The first-order chi connectivity index (χ1) is 8.33. The lowest BCUT2D eigenvalue weighted by molar-refractivity contribution is 0.439. The van der Waals surface area contributed by atoms with Gasteiger partial charge in [0.1, 0.15) is 0 Å². The Labute approximate surface area is 108 Å². The van der Waals surface area contributed by atoms with Crippen LogP contribution in [0.5, 0.6) is 0 Å². The summed E-state index contributed by atoms with van der Waals surface area (Å²) in [5.41, 5.74) is 1.13. The molecule has 3 nitrogen and oxygen atoms in total. The van der Waals surface area contributed by atoms with E-state index in [-0.39, 0.29) is 0 Å². The highest BCUT2D eigenvalue weighted by molar-refractivity contribution is 6.33. The van der Waals surface area contributed by atoms with Crippen LogP contribution in [0.3, 0.4) is 0 Å². The average molecular weight is 254 g/mol. The van der Waals surface area contributed by atoms with E-state index in [1.54, 1.807) is 6.20 Å². The number of anilines is 1. The molecule has 0 saturated carbocycles. The van der Waals surface area contributed by atoms with Gasteiger partial charge in [-0.2, -0.15) is 0 Å². The summed E-state index contributed by atoms with van der Waals surface area (Å²) in [6, 6.07) is 2.58. The molecule has 1 unspecified atom stereocenters. The maximum atomic E-state index is 6.23. The van der Waals surface area contributed by atoms with Crippen LogP contribution in [0.4, 0.5) is 5.69 Å². The molecular formula is C13H20ClN3. The van der Waals surface area contributed by atoms with E-state index >= 15 is 0 Å². The van der Waals surface area contributed by atoms with Crippen molar-refractivity contribution in [2.75, 3.05) is 24.5 Å². The van der Waals surface area contributed by atoms with E-state index in [4.69, 9.17) is 11.6 Å². The summed E-state index contributed by atoms with van der Waals surface area (Å²) in [5, 5.41) is 4.20. The normalized spacial score (nSPS) is 20.6. The molecule has 1 aliphatic rings. The van der Waals surface area contributed by atoms with Gasteiger partial charge in [-0.15, -0.1) is 0 Å². The molecule has 1 aromatic heterocycles. The van der Waals surface area contributed by atoms with E-state index < -0.39 is 0 Å². The highest BCUT2D eigenvalue weighted by Gasteiger charge is 2.23. The van der Waals surface area contributed by atoms with Crippen LogP contribution in [0.1, 0.15) is 26.2 Å². The Balaban J connectivity index is 2.13. The lowest BCUT2D eigenvalue weighted by Gasteiger charge is -2.38. The van der Waals surface area contributed by atoms with E-state index in [1.165, 1.54) is 19.3 Å². The predicted molar refractivity (Wildman–Crippen MR) is 72.8 cm³/mol. The fourth-order valence-electron chi connectivity index (χ4n) is 2.44. The first-order valence-electron chi connectivity index (χ1n) is 6.39. The Kier molecular flexibility index (Phi) is 4.63. The first kappa shape index (κ1) is 12.7. The molecule has 0 spiro atoms. The van der Waals surface area contributed by atoms with Gasteiger partial charge in [0, 0.05) is 31.5 Å². The van der Waals surface area contributed by atoms with Crippen molar-refractivity contribution >= 4 is 17.3 Å². The molecule has 1 atom stereocenters. The summed E-state index contributed by atoms with van der Waals surface area (Å²) in [7, 11) is 0. The van der Waals surface area contributed by atoms with Gasteiger partial charge in [-0.05, 0) is 31.9 Å². The summed E-state index contributed by atoms with van der Waals surface area (Å²) >= 11 is 6.23. The Bertz CT molecular complexity index is 356. The van der Waals surface area contributed by atoms with Gasteiger partial charge in [-0.25, -0.2) is 0 Å². The summed E-state index contributed by atoms with van der Waals surface area (Å²) in [4.78, 5) is 6.48. The standard InChI is InChI=1S/C13H20ClN3/c1-2-15-9-11-5-3-4-8-17(11)13-6-7-16-10-12(13)14/h6-7,10-11,15H,2-5,8-9H2,1H3. The molecule has 4 heteroatoms. The lowest BCUT2D eigenvalue weighted by Crippen LogP contribution is -2.45. The van der Waals surface area contributed by atoms with Gasteiger partial charge in [0.25, 0.3) is 0 Å². The molecule has 17 heavy (non-hydrogen) atoms. The zero-order valence-electron chi connectivity index (χ0n) is 10.3. The largest absolute Gasteiger partial charge is 0.366 e. The molecule has 1 fully saturated rings. The summed E-state index contributed by atoms with van der Waals surface area (Å²) in [6.07, 6.45) is 7.36. The van der Waals surface area contributed by atoms with Crippen molar-refractivity contribution in [3.8, 4) is 0 Å². The number of rotatable bonds is 4. The number of nitrogens with zero attached hydrogens (tertiary/aromatic N) is 2. The fraction of sp³-hybridized carbons (Fsp3) is 0.615. The van der Waals surface area contributed by atoms with Crippen LogP contribution >= 0.6 is 11.6 Å². The number of halogens is 1. The van der Waals surface area contributed by atoms with E-state index in [9.17, 15) is 0 Å². The van der Waals surface area contributed by atoms with Crippen molar-refractivity contribution in [1.82, 2.24) is 10.3 Å². The zero-order chi connectivity index (χ0) is 12.1. The van der Waals surface area contributed by atoms with Crippen LogP contribution < -0.4 is 10.2 Å². The molecule has 2 rings (SSSR count). The molecule has 1 saturated heterocycles. The van der Waals surface area contributed by atoms with Gasteiger partial charge in [0.05, 0.1) is 10.7 Å². The van der Waals surface area contributed by atoms with Gasteiger partial charge in [0.2, 0.25) is 0 Å². The maximum Gasteiger partial charge on any atom is 0.0822 e. The molecule has 0 bridgehead atoms. The number of hydrogen-bond acceptors (Lipinski definition) is 3. The summed E-state index contributed by atoms with van der Waals surface area (Å²) < 4.78 is 0. The van der Waals surface area contributed by atoms with Crippen molar-refractivity contribution < 1.29 is 0 Å². The van der Waals surface area contributed by atoms with E-state index in [2.05, 4.69) is 22.1 Å². The average Bonchev–Trinajstić information content (AvgIpc) is 2.37. The van der Waals surface area contributed by atoms with Crippen LogP contribution in [0, 0.1) is 0 Å². The molecule has 94 valence electrons. The van der Waals surface area contributed by atoms with Gasteiger partial charge in [-0.3, -0.25) is 4.98 Å². The van der Waals surface area contributed by atoms with Gasteiger partial charge in [-0.1, -0.05) is 18.5 Å². The zero-order valence-corrected chi connectivity index (χ0v) is 11.1. The monoisotopic (exact) mass is 253 g/mol. The third-order valence-electron chi connectivity index (χ3n) is 3.32. The van der Waals surface area contributed by atoms with E-state index in [0.717, 1.165) is 30.3 Å². The number of piperidine rings is 1. The Morgan fingerprint density at radius 1 is 1.53 bits per heavy atom. The molecule has 1 aliphatic heterocycles. The predicted octanol–water partition coefficient (Wildman–Crippen LogP) is 2.70. The highest BCUT2D eigenvalue weighted by atomic mass is 35.5. The number of hydrogen-bond donors (Lipinski definition) is 1. The van der Waals surface area contributed by atoms with Crippen LogP contribution in [-0.4, -0.2) is 30.7 Å². The second-order valence-corrected chi connectivity index (χ2v) is 4.88. The molecule has 0 amide bonds. The van der Waals surface area contributed by atoms with Crippen molar-refractivity contribution in [2.45, 2.75) is 32.2 Å². The molecule has 1 aromatic rings. The van der Waals surface area contributed by atoms with Crippen molar-refractivity contribution in [2.24, 2.45) is 0 Å². The number of likely N-dealkylation sites (N-methyl/N-ethyl adjacent to an activating group) is 1. The fourth-order valence-corrected chi connectivity index (χ4v) is 2.67. The molecular weight excluding hydrogens is 234 g/mol. The van der Waals surface area contributed by atoms with E-state index in [0.29, 0.717) is 6.04 Å². The molecule has 0 aromatic carbocycles. The van der Waals surface area contributed by atoms with Crippen LogP contribution in [0.15, 0.2) is 18.5 Å². The second-order valence-electron chi connectivity index (χ2n) is 4.48. The third kappa shape index (κ3) is 3.11. The Morgan fingerprint density at radius 2 is 2.41 bits per heavy atom. The summed E-state index contributed by atoms with van der Waals surface area (Å²) in [6.45, 7) is 5.30. The van der Waals surface area contributed by atoms with Crippen molar-refractivity contribution in [1.29, 1.82) is 0 Å². The van der Waals surface area contributed by atoms with Gasteiger partial charge < -0.3 is 10.2 Å². The third-order valence-corrected chi connectivity index (χ3v) is 3.61. The summed E-state index contributed by atoms with van der Waals surface area (Å²) in [5.74, 6) is 0. The first-order valence-corrected chi connectivity index (χ1v) is 6.77. The lowest BCUT2D eigenvalue weighted by atomic mass is 10.0. The molecule has 0 aliphatic carbocycles. The molecule has 1 N–H and O–H groups in total. The van der Waals surface area contributed by atoms with Crippen LogP contribution in [-0.2, 0) is 0 Å². The molecule has 0 radical (unpaired) electrons. The van der Waals surface area contributed by atoms with Crippen molar-refractivity contribution in [3.05, 3.63) is 23.5 Å². The van der Waals surface area contributed by atoms with Crippen LogP contribution in [0.2, 0.25) is 5.02 Å². The highest BCUT2D eigenvalue weighted by Crippen LogP contribution is 2.29. The van der Waals surface area contributed by atoms with Crippen molar-refractivity contribution in [3.63, 3.8) is 0 Å². The van der Waals surface area contributed by atoms with Gasteiger partial charge in [0.15, 0.2) is 0 Å². The Hall–Kier alpha value is -0.800. The number of aromatic nitrogens is 1. The number of nitrogens with one attached hydrogen (secondary N) is 1. The molecule has 2 heterocycles. The minimum Gasteiger partial charge on any atom is -0.366 e. The minimum absolute atomic E-state index is 0.559. The smallest absolute Gasteiger partial charge is 0.0822 e. The topological polar surface area (TPSA) is 28.2 Å². The SMILES string of the molecule is CCNCC1CCCCN1c1ccncc1Cl. The van der Waals surface area contributed by atoms with Crippen LogP contribution in [0.25, 0.3) is 0 Å². The minimum atomic E-state index is 0.559. The van der Waals surface area contributed by atoms with Gasteiger partial charge >= 0.3 is 0 Å². The quantitative estimate of drug-likeness (QED) is 0.894. The second kappa shape index (κ2) is 6.22. The number of pyridine rings is 1.